The first-order chi connectivity index (χ1) is 13.6. The largest absolute Gasteiger partial charge is 0.364 e. The van der Waals surface area contributed by atoms with Gasteiger partial charge in [0.15, 0.2) is 0 Å². The second-order valence-corrected chi connectivity index (χ2v) is 7.67. The van der Waals surface area contributed by atoms with Crippen molar-refractivity contribution in [1.29, 1.82) is 0 Å². The first-order valence-electron chi connectivity index (χ1n) is 9.20. The number of nitrogens with two attached hydrogens (primary N) is 1. The summed E-state index contributed by atoms with van der Waals surface area (Å²) in [6, 6.07) is 9.17. The van der Waals surface area contributed by atoms with Crippen molar-refractivity contribution in [3.8, 4) is 12.3 Å². The number of carbonyl (C=O) groups excluding carboxylic acids is 1. The average molecular weight is 401 g/mol. The number of benzene rings is 1. The molecule has 0 bridgehead atoms. The number of likely N-dealkylation sites (tertiary alicyclic amines) is 1. The Morgan fingerprint density at radius 2 is 2.25 bits per heavy atom. The molecule has 3 atom stereocenters. The standard InChI is InChI=1S/C19H24N6O2S/c1-3-12-27-14(2)17(20)18(26)24-11-7-8-15(24)13-25-19(21-22-23-25)28-16-9-5-4-6-10-16/h1,4-6,9-10,14-15,17H,7-8,11-13,20H2,2H3/t14?,15-,17-/m0/s1. The summed E-state index contributed by atoms with van der Waals surface area (Å²) in [6.45, 7) is 3.10. The highest BCUT2D eigenvalue weighted by Gasteiger charge is 2.34. The van der Waals surface area contributed by atoms with Gasteiger partial charge in [-0.3, -0.25) is 4.79 Å². The highest BCUT2D eigenvalue weighted by Crippen LogP contribution is 2.26. The van der Waals surface area contributed by atoms with Gasteiger partial charge in [0.05, 0.1) is 18.7 Å². The van der Waals surface area contributed by atoms with E-state index in [2.05, 4.69) is 21.4 Å². The van der Waals surface area contributed by atoms with Crippen molar-refractivity contribution in [2.24, 2.45) is 5.73 Å². The molecule has 8 nitrogen and oxygen atoms in total. The van der Waals surface area contributed by atoms with Gasteiger partial charge in [-0.2, -0.15) is 0 Å². The van der Waals surface area contributed by atoms with E-state index in [1.165, 1.54) is 11.8 Å². The van der Waals surface area contributed by atoms with E-state index in [9.17, 15) is 4.79 Å². The van der Waals surface area contributed by atoms with Gasteiger partial charge in [0.25, 0.3) is 0 Å². The second kappa shape index (κ2) is 9.68. The molecule has 1 fully saturated rings. The van der Waals surface area contributed by atoms with Crippen LogP contribution in [0.4, 0.5) is 0 Å². The Hall–Kier alpha value is -2.41. The van der Waals surface area contributed by atoms with Crippen LogP contribution < -0.4 is 5.73 Å². The number of terminal acetylenes is 1. The van der Waals surface area contributed by atoms with Crippen molar-refractivity contribution < 1.29 is 9.53 Å². The fraction of sp³-hybridized carbons (Fsp3) is 0.474. The third kappa shape index (κ3) is 4.90. The lowest BCUT2D eigenvalue weighted by Crippen LogP contribution is -2.52. The first-order valence-corrected chi connectivity index (χ1v) is 10.0. The molecular weight excluding hydrogens is 376 g/mol. The summed E-state index contributed by atoms with van der Waals surface area (Å²) >= 11 is 1.49. The van der Waals surface area contributed by atoms with Crippen molar-refractivity contribution in [1.82, 2.24) is 25.1 Å². The molecule has 1 unspecified atom stereocenters. The molecule has 1 aliphatic heterocycles. The third-order valence-electron chi connectivity index (χ3n) is 4.72. The van der Waals surface area contributed by atoms with Crippen molar-refractivity contribution in [2.75, 3.05) is 13.2 Å². The van der Waals surface area contributed by atoms with Crippen molar-refractivity contribution >= 4 is 17.7 Å². The average Bonchev–Trinajstić information content (AvgIpc) is 3.35. The Kier molecular flexibility index (Phi) is 7.03. The van der Waals surface area contributed by atoms with Gasteiger partial charge in [-0.15, -0.1) is 11.5 Å². The lowest BCUT2D eigenvalue weighted by molar-refractivity contribution is -0.136. The van der Waals surface area contributed by atoms with E-state index in [4.69, 9.17) is 16.9 Å². The number of rotatable bonds is 8. The molecule has 28 heavy (non-hydrogen) atoms. The number of carbonyl (C=O) groups is 1. The van der Waals surface area contributed by atoms with E-state index in [-0.39, 0.29) is 18.6 Å². The minimum atomic E-state index is -0.749. The highest BCUT2D eigenvalue weighted by atomic mass is 32.2. The van der Waals surface area contributed by atoms with Crippen LogP contribution in [-0.4, -0.2) is 62.4 Å². The molecule has 148 valence electrons. The molecule has 1 aromatic carbocycles. The van der Waals surface area contributed by atoms with E-state index in [1.807, 2.05) is 35.2 Å². The lowest BCUT2D eigenvalue weighted by Gasteiger charge is -2.29. The summed E-state index contributed by atoms with van der Waals surface area (Å²) in [6.07, 6.45) is 6.57. The maximum Gasteiger partial charge on any atom is 0.242 e. The first kappa shape index (κ1) is 20.3. The Morgan fingerprint density at radius 1 is 1.46 bits per heavy atom. The fourth-order valence-corrected chi connectivity index (χ4v) is 3.97. The molecule has 3 rings (SSSR count). The van der Waals surface area contributed by atoms with Crippen LogP contribution in [0.1, 0.15) is 19.8 Å². The molecule has 0 radical (unpaired) electrons. The molecule has 0 spiro atoms. The molecule has 1 aliphatic rings. The summed E-state index contributed by atoms with van der Waals surface area (Å²) in [4.78, 5) is 15.7. The Bertz CT molecular complexity index is 821. The number of hydrogen-bond acceptors (Lipinski definition) is 7. The van der Waals surface area contributed by atoms with Crippen LogP contribution in [0.2, 0.25) is 0 Å². The maximum absolute atomic E-state index is 12.9. The minimum absolute atomic E-state index is 0.00277. The quantitative estimate of drug-likeness (QED) is 0.664. The second-order valence-electron chi connectivity index (χ2n) is 6.63. The summed E-state index contributed by atoms with van der Waals surface area (Å²) in [5, 5.41) is 12.7. The van der Waals surface area contributed by atoms with Crippen LogP contribution in [0, 0.1) is 12.3 Å². The molecule has 1 amide bonds. The summed E-state index contributed by atoms with van der Waals surface area (Å²) < 4.78 is 7.16. The monoisotopic (exact) mass is 400 g/mol. The zero-order valence-electron chi connectivity index (χ0n) is 15.8. The number of ether oxygens (including phenoxy) is 1. The predicted molar refractivity (Wildman–Crippen MR) is 105 cm³/mol. The number of amides is 1. The summed E-state index contributed by atoms with van der Waals surface area (Å²) in [5.41, 5.74) is 6.11. The van der Waals surface area contributed by atoms with E-state index in [0.29, 0.717) is 18.2 Å². The number of aromatic nitrogens is 4. The molecule has 1 saturated heterocycles. The smallest absolute Gasteiger partial charge is 0.242 e. The highest BCUT2D eigenvalue weighted by molar-refractivity contribution is 7.99. The van der Waals surface area contributed by atoms with Crippen LogP contribution in [0.3, 0.4) is 0 Å². The Labute approximate surface area is 168 Å². The number of tetrazole rings is 1. The molecule has 0 saturated carbocycles. The van der Waals surface area contributed by atoms with Gasteiger partial charge in [-0.25, -0.2) is 4.68 Å². The van der Waals surface area contributed by atoms with Gasteiger partial charge in [0, 0.05) is 11.4 Å². The molecule has 0 aliphatic carbocycles. The maximum atomic E-state index is 12.9. The van der Waals surface area contributed by atoms with Gasteiger partial charge in [0.1, 0.15) is 12.6 Å². The molecule has 1 aromatic heterocycles. The van der Waals surface area contributed by atoms with Crippen LogP contribution in [0.25, 0.3) is 0 Å². The predicted octanol–water partition coefficient (Wildman–Crippen LogP) is 1.18. The molecule has 2 N–H and O–H groups in total. The van der Waals surface area contributed by atoms with E-state index >= 15 is 0 Å². The van der Waals surface area contributed by atoms with Crippen LogP contribution in [-0.2, 0) is 16.1 Å². The van der Waals surface area contributed by atoms with Crippen molar-refractivity contribution in [2.45, 2.75) is 54.5 Å². The molecule has 2 aromatic rings. The molecule has 2 heterocycles. The number of nitrogens with zero attached hydrogens (tertiary/aromatic N) is 5. The van der Waals surface area contributed by atoms with Crippen molar-refractivity contribution in [3.05, 3.63) is 30.3 Å². The van der Waals surface area contributed by atoms with Crippen LogP contribution in [0.15, 0.2) is 40.4 Å². The van der Waals surface area contributed by atoms with Gasteiger partial charge >= 0.3 is 0 Å². The number of hydrogen-bond donors (Lipinski definition) is 1. The topological polar surface area (TPSA) is 99.2 Å². The van der Waals surface area contributed by atoms with Crippen molar-refractivity contribution in [3.63, 3.8) is 0 Å². The SMILES string of the molecule is C#CCOC(C)[C@H](N)C(=O)N1CCC[C@H]1Cn1nnnc1Sc1ccccc1. The van der Waals surface area contributed by atoms with Gasteiger partial charge in [0.2, 0.25) is 11.1 Å². The van der Waals surface area contributed by atoms with E-state index in [0.717, 1.165) is 17.7 Å². The lowest BCUT2D eigenvalue weighted by atomic mass is 10.1. The minimum Gasteiger partial charge on any atom is -0.364 e. The van der Waals surface area contributed by atoms with Gasteiger partial charge < -0.3 is 15.4 Å². The zero-order valence-corrected chi connectivity index (χ0v) is 16.6. The summed E-state index contributed by atoms with van der Waals surface area (Å²) in [5.74, 6) is 2.27. The fourth-order valence-electron chi connectivity index (χ4n) is 3.17. The van der Waals surface area contributed by atoms with E-state index < -0.39 is 12.1 Å². The third-order valence-corrected chi connectivity index (χ3v) is 5.70. The molecular formula is C19H24N6O2S. The zero-order chi connectivity index (χ0) is 19.9. The van der Waals surface area contributed by atoms with E-state index in [1.54, 1.807) is 11.6 Å². The van der Waals surface area contributed by atoms with Gasteiger partial charge in [-0.1, -0.05) is 24.1 Å². The summed E-state index contributed by atoms with van der Waals surface area (Å²) in [7, 11) is 0. The normalized spacial score (nSPS) is 18.6. The van der Waals surface area contributed by atoms with Crippen LogP contribution in [0.5, 0.6) is 0 Å². The Morgan fingerprint density at radius 3 is 3.00 bits per heavy atom. The van der Waals surface area contributed by atoms with Crippen LogP contribution >= 0.6 is 11.8 Å². The Balaban J connectivity index is 1.65. The molecule has 9 heteroatoms. The van der Waals surface area contributed by atoms with Gasteiger partial charge in [-0.05, 0) is 54.1 Å².